The average molecular weight is 353 g/mol. The van der Waals surface area contributed by atoms with Crippen LogP contribution in [-0.4, -0.2) is 40.1 Å². The van der Waals surface area contributed by atoms with Gasteiger partial charge in [0.25, 0.3) is 0 Å². The van der Waals surface area contributed by atoms with Crippen LogP contribution in [0.15, 0.2) is 66.7 Å². The molecule has 2 aromatic carbocycles. The quantitative estimate of drug-likeness (QED) is 0.824. The van der Waals surface area contributed by atoms with Crippen LogP contribution < -0.4 is 0 Å². The van der Waals surface area contributed by atoms with Crippen LogP contribution in [0.25, 0.3) is 0 Å². The van der Waals surface area contributed by atoms with Crippen molar-refractivity contribution in [3.8, 4) is 0 Å². The lowest BCUT2D eigenvalue weighted by Crippen LogP contribution is -2.35. The number of carbonyl (C=O) groups is 2. The van der Waals surface area contributed by atoms with E-state index in [9.17, 15) is 9.59 Å². The van der Waals surface area contributed by atoms with Crippen LogP contribution in [0.1, 0.15) is 29.7 Å². The van der Waals surface area contributed by atoms with Gasteiger partial charge in [-0.15, -0.1) is 0 Å². The van der Waals surface area contributed by atoms with Crippen molar-refractivity contribution in [1.82, 2.24) is 4.90 Å². The first-order chi connectivity index (χ1) is 12.5. The van der Waals surface area contributed by atoms with Gasteiger partial charge in [-0.25, -0.2) is 9.59 Å². The highest BCUT2D eigenvalue weighted by Crippen LogP contribution is 2.34. The van der Waals surface area contributed by atoms with Crippen LogP contribution in [0, 0.1) is 0 Å². The summed E-state index contributed by atoms with van der Waals surface area (Å²) < 4.78 is 0. The molecule has 136 valence electrons. The predicted octanol–water partition coefficient (Wildman–Crippen LogP) is 3.37. The number of benzene rings is 2. The average Bonchev–Trinajstić information content (AvgIpc) is 2.66. The van der Waals surface area contributed by atoms with Crippen LogP contribution in [-0.2, 0) is 16.0 Å². The summed E-state index contributed by atoms with van der Waals surface area (Å²) in [4.78, 5) is 21.7. The van der Waals surface area contributed by atoms with Crippen LogP contribution in [0.5, 0.6) is 0 Å². The van der Waals surface area contributed by atoms with Crippen molar-refractivity contribution in [3.63, 3.8) is 0 Å². The third-order valence-corrected chi connectivity index (χ3v) is 4.27. The van der Waals surface area contributed by atoms with E-state index in [0.29, 0.717) is 18.2 Å². The number of hydrogen-bond donors (Lipinski definition) is 2. The third-order valence-electron chi connectivity index (χ3n) is 4.27. The largest absolute Gasteiger partial charge is 0.478 e. The minimum atomic E-state index is -1.26. The third kappa shape index (κ3) is 5.29. The SMILES string of the molecule is CCN1CCc2ccccc2C1c1ccccc1.O=C(O)/C=C/C(=O)O. The number of nitrogens with zero attached hydrogens (tertiary/aromatic N) is 1. The molecule has 1 unspecified atom stereocenters. The van der Waals surface area contributed by atoms with Gasteiger partial charge in [-0.1, -0.05) is 61.5 Å². The van der Waals surface area contributed by atoms with Crippen molar-refractivity contribution >= 4 is 11.9 Å². The van der Waals surface area contributed by atoms with E-state index < -0.39 is 11.9 Å². The molecule has 1 aliphatic heterocycles. The molecule has 0 radical (unpaired) electrons. The minimum absolute atomic E-state index is 0.432. The van der Waals surface area contributed by atoms with Crippen LogP contribution in [0.2, 0.25) is 0 Å². The summed E-state index contributed by atoms with van der Waals surface area (Å²) in [5.74, 6) is -2.51. The number of carboxylic acids is 2. The number of carboxylic acid groups (broad SMARTS) is 2. The zero-order valence-electron chi connectivity index (χ0n) is 14.7. The zero-order valence-corrected chi connectivity index (χ0v) is 14.7. The molecule has 0 bridgehead atoms. The molecule has 0 fully saturated rings. The van der Waals surface area contributed by atoms with Crippen molar-refractivity contribution in [1.29, 1.82) is 0 Å². The first kappa shape index (κ1) is 19.4. The molecule has 1 aliphatic rings. The van der Waals surface area contributed by atoms with Gasteiger partial charge in [0.15, 0.2) is 0 Å². The Balaban J connectivity index is 0.000000260. The van der Waals surface area contributed by atoms with Gasteiger partial charge < -0.3 is 10.2 Å². The van der Waals surface area contributed by atoms with E-state index in [2.05, 4.69) is 66.4 Å². The molecule has 0 spiro atoms. The highest BCUT2D eigenvalue weighted by Gasteiger charge is 2.26. The Morgan fingerprint density at radius 3 is 2.15 bits per heavy atom. The van der Waals surface area contributed by atoms with Crippen molar-refractivity contribution in [3.05, 3.63) is 83.4 Å². The Labute approximate surface area is 153 Å². The molecule has 0 aromatic heterocycles. The van der Waals surface area contributed by atoms with Gasteiger partial charge in [0.2, 0.25) is 0 Å². The van der Waals surface area contributed by atoms with Gasteiger partial charge in [-0.2, -0.15) is 0 Å². The Bertz CT molecular complexity index is 755. The monoisotopic (exact) mass is 353 g/mol. The summed E-state index contributed by atoms with van der Waals surface area (Å²) in [5, 5.41) is 15.6. The van der Waals surface area contributed by atoms with E-state index in [1.165, 1.54) is 23.1 Å². The van der Waals surface area contributed by atoms with Gasteiger partial charge in [-0.05, 0) is 29.7 Å². The second kappa shape index (κ2) is 9.53. The highest BCUT2D eigenvalue weighted by molar-refractivity contribution is 5.89. The fraction of sp³-hybridized carbons (Fsp3) is 0.238. The summed E-state index contributed by atoms with van der Waals surface area (Å²) >= 11 is 0. The number of aliphatic carboxylic acids is 2. The Hall–Kier alpha value is -2.92. The normalized spacial score (nSPS) is 16.4. The summed E-state index contributed by atoms with van der Waals surface area (Å²) in [6.07, 6.45) is 2.29. The topological polar surface area (TPSA) is 77.8 Å². The lowest BCUT2D eigenvalue weighted by molar-refractivity contribution is -0.134. The number of hydrogen-bond acceptors (Lipinski definition) is 3. The lowest BCUT2D eigenvalue weighted by Gasteiger charge is -2.37. The molecule has 2 aromatic rings. The van der Waals surface area contributed by atoms with Gasteiger partial charge in [0, 0.05) is 18.7 Å². The Morgan fingerprint density at radius 2 is 1.58 bits per heavy atom. The van der Waals surface area contributed by atoms with E-state index in [1.807, 2.05) is 0 Å². The van der Waals surface area contributed by atoms with Gasteiger partial charge in [-0.3, -0.25) is 4.90 Å². The maximum absolute atomic E-state index is 9.55. The molecule has 5 nitrogen and oxygen atoms in total. The standard InChI is InChI=1S/C17H19N.C4H4O4/c1-2-18-13-12-14-8-6-7-11-16(14)17(18)15-9-4-3-5-10-15;5-3(6)1-2-4(7)8/h3-11,17H,2,12-13H2,1H3;1-2H,(H,5,6)(H,7,8)/b;2-1+. The molecule has 3 rings (SSSR count). The minimum Gasteiger partial charge on any atom is -0.478 e. The molecule has 0 amide bonds. The second-order valence-electron chi connectivity index (χ2n) is 5.90. The van der Waals surface area contributed by atoms with Crippen LogP contribution >= 0.6 is 0 Å². The number of likely N-dealkylation sites (N-methyl/N-ethyl adjacent to an activating group) is 1. The molecule has 26 heavy (non-hydrogen) atoms. The maximum Gasteiger partial charge on any atom is 0.328 e. The molecular weight excluding hydrogens is 330 g/mol. The molecule has 5 heteroatoms. The lowest BCUT2D eigenvalue weighted by atomic mass is 9.88. The fourth-order valence-corrected chi connectivity index (χ4v) is 3.13. The number of fused-ring (bicyclic) bond motifs is 1. The van der Waals surface area contributed by atoms with Crippen LogP contribution in [0.3, 0.4) is 0 Å². The van der Waals surface area contributed by atoms with Crippen molar-refractivity contribution in [2.24, 2.45) is 0 Å². The second-order valence-corrected chi connectivity index (χ2v) is 5.90. The molecule has 0 aliphatic carbocycles. The predicted molar refractivity (Wildman–Crippen MR) is 100 cm³/mol. The van der Waals surface area contributed by atoms with E-state index in [0.717, 1.165) is 13.1 Å². The van der Waals surface area contributed by atoms with Crippen molar-refractivity contribution in [2.75, 3.05) is 13.1 Å². The Morgan fingerprint density at radius 1 is 1.00 bits per heavy atom. The van der Waals surface area contributed by atoms with E-state index >= 15 is 0 Å². The zero-order chi connectivity index (χ0) is 18.9. The maximum atomic E-state index is 9.55. The summed E-state index contributed by atoms with van der Waals surface area (Å²) in [5.41, 5.74) is 4.40. The molecule has 1 atom stereocenters. The highest BCUT2D eigenvalue weighted by atomic mass is 16.4. The molecule has 1 heterocycles. The summed E-state index contributed by atoms with van der Waals surface area (Å²) in [6, 6.07) is 20.2. The van der Waals surface area contributed by atoms with Gasteiger partial charge >= 0.3 is 11.9 Å². The fourth-order valence-electron chi connectivity index (χ4n) is 3.13. The first-order valence-corrected chi connectivity index (χ1v) is 8.53. The van der Waals surface area contributed by atoms with Crippen molar-refractivity contribution in [2.45, 2.75) is 19.4 Å². The van der Waals surface area contributed by atoms with Crippen LogP contribution in [0.4, 0.5) is 0 Å². The Kier molecular flexibility index (Phi) is 7.12. The summed E-state index contributed by atoms with van der Waals surface area (Å²) in [7, 11) is 0. The summed E-state index contributed by atoms with van der Waals surface area (Å²) in [6.45, 7) is 4.52. The van der Waals surface area contributed by atoms with Gasteiger partial charge in [0.1, 0.15) is 0 Å². The van der Waals surface area contributed by atoms with E-state index in [1.54, 1.807) is 0 Å². The van der Waals surface area contributed by atoms with Crippen molar-refractivity contribution < 1.29 is 19.8 Å². The first-order valence-electron chi connectivity index (χ1n) is 8.53. The smallest absolute Gasteiger partial charge is 0.328 e. The number of rotatable bonds is 4. The van der Waals surface area contributed by atoms with E-state index in [4.69, 9.17) is 10.2 Å². The van der Waals surface area contributed by atoms with Gasteiger partial charge in [0.05, 0.1) is 6.04 Å². The molecule has 0 saturated carbocycles. The van der Waals surface area contributed by atoms with E-state index in [-0.39, 0.29) is 0 Å². The molecular formula is C21H23NO4. The molecule has 2 N–H and O–H groups in total. The molecule has 0 saturated heterocycles.